The van der Waals surface area contributed by atoms with Crippen LogP contribution in [0.5, 0.6) is 0 Å². The Labute approximate surface area is 132 Å². The molecule has 0 saturated carbocycles. The Balaban J connectivity index is 0.000000216. The van der Waals surface area contributed by atoms with Crippen molar-refractivity contribution in [3.8, 4) is 0 Å². The van der Waals surface area contributed by atoms with Gasteiger partial charge in [-0.2, -0.15) is 0 Å². The van der Waals surface area contributed by atoms with Crippen LogP contribution in [0.25, 0.3) is 11.0 Å². The van der Waals surface area contributed by atoms with Gasteiger partial charge >= 0.3 is 0 Å². The molecule has 3 rings (SSSR count). The fourth-order valence-corrected chi connectivity index (χ4v) is 1.59. The van der Waals surface area contributed by atoms with Crippen LogP contribution < -0.4 is 11.5 Å². The molecule has 0 saturated heterocycles. The van der Waals surface area contributed by atoms with Crippen LogP contribution in [0, 0.1) is 0 Å². The van der Waals surface area contributed by atoms with Crippen molar-refractivity contribution in [2.45, 2.75) is 6.43 Å². The Kier molecular flexibility index (Phi) is 6.20. The van der Waals surface area contributed by atoms with E-state index in [4.69, 9.17) is 11.5 Å². The van der Waals surface area contributed by atoms with Gasteiger partial charge in [0.15, 0.2) is 5.82 Å². The molecular weight excluding hydrogens is 313 g/mol. The molecule has 0 bridgehead atoms. The average molecular weight is 327 g/mol. The minimum absolute atomic E-state index is 0. The Morgan fingerprint density at radius 3 is 1.90 bits per heavy atom. The number of alkyl halides is 2. The van der Waals surface area contributed by atoms with Crippen molar-refractivity contribution in [1.29, 1.82) is 0 Å². The van der Waals surface area contributed by atoms with Crippen molar-refractivity contribution in [3.05, 3.63) is 54.4 Å². The Morgan fingerprint density at radius 1 is 0.905 bits per heavy atom. The van der Waals surface area contributed by atoms with Gasteiger partial charge in [0.05, 0.1) is 22.4 Å². The maximum absolute atomic E-state index is 12.1. The summed E-state index contributed by atoms with van der Waals surface area (Å²) in [6.45, 7) is 0. The summed E-state index contributed by atoms with van der Waals surface area (Å²) in [6, 6.07) is 14.2. The average Bonchev–Trinajstić information content (AvgIpc) is 2.87. The normalized spacial score (nSPS) is 9.86. The van der Waals surface area contributed by atoms with Gasteiger partial charge in [0.2, 0.25) is 0 Å². The Morgan fingerprint density at radius 2 is 1.43 bits per heavy atom. The van der Waals surface area contributed by atoms with Crippen LogP contribution in [0.2, 0.25) is 0 Å². The monoisotopic (exact) mass is 327 g/mol. The molecule has 109 valence electrons. The number of nitrogens with two attached hydrogens (primary N) is 2. The van der Waals surface area contributed by atoms with Crippen LogP contribution in [0.15, 0.2) is 48.5 Å². The van der Waals surface area contributed by atoms with Crippen LogP contribution in [0.3, 0.4) is 0 Å². The number of nitrogens with one attached hydrogen (secondary N) is 1. The van der Waals surface area contributed by atoms with E-state index in [0.29, 0.717) is 22.4 Å². The summed E-state index contributed by atoms with van der Waals surface area (Å²) in [7, 11) is 0. The number of hydrogen-bond donors (Lipinski definition) is 3. The molecule has 0 spiro atoms. The third-order valence-electron chi connectivity index (χ3n) is 2.61. The number of rotatable bonds is 1. The third kappa shape index (κ3) is 4.48. The Bertz CT molecular complexity index is 646. The molecule has 1 aromatic heterocycles. The number of aromatic amines is 1. The number of nitrogens with zero attached hydrogens (tertiary/aromatic N) is 1. The summed E-state index contributed by atoms with van der Waals surface area (Å²) < 4.78 is 24.2. The van der Waals surface area contributed by atoms with Gasteiger partial charge in [0.1, 0.15) is 0 Å². The SMILES string of the molecule is FC(F)c1nc2ccccc2[nH]1.Nc1ccccc1N.[V]. The van der Waals surface area contributed by atoms with Gasteiger partial charge in [0, 0.05) is 18.6 Å². The molecule has 0 aliphatic rings. The van der Waals surface area contributed by atoms with Gasteiger partial charge in [-0.15, -0.1) is 0 Å². The number of imidazole rings is 1. The molecule has 2 aromatic carbocycles. The first kappa shape index (κ1) is 17.0. The first-order valence-corrected chi connectivity index (χ1v) is 5.90. The zero-order valence-electron chi connectivity index (χ0n) is 11.0. The smallest absolute Gasteiger partial charge is 0.295 e. The van der Waals surface area contributed by atoms with E-state index < -0.39 is 6.43 Å². The van der Waals surface area contributed by atoms with E-state index in [0.717, 1.165) is 0 Å². The van der Waals surface area contributed by atoms with Crippen LogP contribution in [-0.4, -0.2) is 9.97 Å². The molecule has 0 amide bonds. The second-order valence-corrected chi connectivity index (χ2v) is 4.07. The number of aromatic nitrogens is 2. The molecular formula is C14H14F2N4V. The summed E-state index contributed by atoms with van der Waals surface area (Å²) in [4.78, 5) is 6.24. The van der Waals surface area contributed by atoms with Crippen molar-refractivity contribution in [3.63, 3.8) is 0 Å². The largest absolute Gasteiger partial charge is 0.397 e. The standard InChI is InChI=1S/C8H6F2N2.C6H8N2.V/c9-7(10)8-11-5-3-1-2-4-6(5)12-8;7-5-3-1-2-4-6(5)8;/h1-4,7H,(H,11,12);1-4H,7-8H2;. The minimum atomic E-state index is -2.53. The molecule has 0 unspecified atom stereocenters. The quantitative estimate of drug-likeness (QED) is 0.600. The van der Waals surface area contributed by atoms with Crippen molar-refractivity contribution in [2.75, 3.05) is 11.5 Å². The maximum Gasteiger partial charge on any atom is 0.295 e. The van der Waals surface area contributed by atoms with E-state index in [2.05, 4.69) is 9.97 Å². The molecule has 3 aromatic rings. The van der Waals surface area contributed by atoms with Crippen LogP contribution in [0.4, 0.5) is 20.2 Å². The van der Waals surface area contributed by atoms with Crippen molar-refractivity contribution in [2.24, 2.45) is 0 Å². The number of nitrogen functional groups attached to an aromatic ring is 2. The van der Waals surface area contributed by atoms with E-state index in [1.165, 1.54) is 0 Å². The molecule has 1 heterocycles. The molecule has 0 aliphatic heterocycles. The number of H-pyrrole nitrogens is 1. The van der Waals surface area contributed by atoms with Gasteiger partial charge in [0.25, 0.3) is 6.43 Å². The summed E-state index contributed by atoms with van der Waals surface area (Å²) in [5, 5.41) is 0. The molecule has 1 radical (unpaired) electrons. The first-order chi connectivity index (χ1) is 9.58. The number of fused-ring (bicyclic) bond motifs is 1. The van der Waals surface area contributed by atoms with Crippen molar-refractivity contribution >= 4 is 22.4 Å². The molecule has 21 heavy (non-hydrogen) atoms. The molecule has 0 atom stereocenters. The number of para-hydroxylation sites is 4. The zero-order valence-corrected chi connectivity index (χ0v) is 12.4. The van der Waals surface area contributed by atoms with E-state index in [1.54, 1.807) is 36.4 Å². The molecule has 0 fully saturated rings. The maximum atomic E-state index is 12.1. The fourth-order valence-electron chi connectivity index (χ4n) is 1.59. The first-order valence-electron chi connectivity index (χ1n) is 5.90. The van der Waals surface area contributed by atoms with Crippen LogP contribution >= 0.6 is 0 Å². The van der Waals surface area contributed by atoms with Gasteiger partial charge in [-0.1, -0.05) is 24.3 Å². The molecule has 4 nitrogen and oxygen atoms in total. The number of anilines is 2. The molecule has 7 heteroatoms. The number of hydrogen-bond acceptors (Lipinski definition) is 3. The van der Waals surface area contributed by atoms with E-state index in [9.17, 15) is 8.78 Å². The minimum Gasteiger partial charge on any atom is -0.397 e. The van der Waals surface area contributed by atoms with Crippen molar-refractivity contribution in [1.82, 2.24) is 9.97 Å². The third-order valence-corrected chi connectivity index (χ3v) is 2.61. The van der Waals surface area contributed by atoms with E-state index in [-0.39, 0.29) is 24.4 Å². The molecule has 0 aliphatic carbocycles. The van der Waals surface area contributed by atoms with E-state index in [1.807, 2.05) is 12.1 Å². The number of benzene rings is 2. The van der Waals surface area contributed by atoms with Crippen LogP contribution in [0.1, 0.15) is 12.2 Å². The second kappa shape index (κ2) is 7.66. The fraction of sp³-hybridized carbons (Fsp3) is 0.0714. The predicted molar refractivity (Wildman–Crippen MR) is 76.3 cm³/mol. The summed E-state index contributed by atoms with van der Waals surface area (Å²) in [6.07, 6.45) is -2.53. The number of halogens is 2. The summed E-state index contributed by atoms with van der Waals surface area (Å²) >= 11 is 0. The van der Waals surface area contributed by atoms with Gasteiger partial charge in [-0.25, -0.2) is 13.8 Å². The topological polar surface area (TPSA) is 80.7 Å². The summed E-state index contributed by atoms with van der Waals surface area (Å²) in [5.74, 6) is -0.267. The second-order valence-electron chi connectivity index (χ2n) is 4.07. The zero-order chi connectivity index (χ0) is 14.5. The Hall–Kier alpha value is -2.05. The van der Waals surface area contributed by atoms with E-state index >= 15 is 0 Å². The van der Waals surface area contributed by atoms with Crippen molar-refractivity contribution < 1.29 is 27.3 Å². The van der Waals surface area contributed by atoms with Gasteiger partial charge in [-0.05, 0) is 24.3 Å². The molecule has 5 N–H and O–H groups in total. The summed E-state index contributed by atoms with van der Waals surface area (Å²) in [5.41, 5.74) is 13.3. The van der Waals surface area contributed by atoms with Gasteiger partial charge < -0.3 is 16.5 Å². The van der Waals surface area contributed by atoms with Crippen LogP contribution in [-0.2, 0) is 18.6 Å². The van der Waals surface area contributed by atoms with Gasteiger partial charge in [-0.3, -0.25) is 0 Å². The predicted octanol–water partition coefficient (Wildman–Crippen LogP) is 3.35.